The summed E-state index contributed by atoms with van der Waals surface area (Å²) in [6.07, 6.45) is -0.870. The zero-order chi connectivity index (χ0) is 63.2. The molecule has 3 amide bonds. The molecule has 0 radical (unpaired) electrons. The van der Waals surface area contributed by atoms with Crippen molar-refractivity contribution in [2.24, 2.45) is 0 Å². The lowest BCUT2D eigenvalue weighted by atomic mass is 9.77. The van der Waals surface area contributed by atoms with Gasteiger partial charge in [0.05, 0.1) is 9.49 Å². The molecule has 458 valence electrons. The van der Waals surface area contributed by atoms with Crippen molar-refractivity contribution in [1.29, 1.82) is 0 Å². The Balaban J connectivity index is 0.924. The summed E-state index contributed by atoms with van der Waals surface area (Å²) >= 11 is 3.58. The van der Waals surface area contributed by atoms with Crippen molar-refractivity contribution in [2.45, 2.75) is 53.7 Å². The van der Waals surface area contributed by atoms with Crippen molar-refractivity contribution in [3.63, 3.8) is 0 Å². The number of amides is 3. The van der Waals surface area contributed by atoms with Gasteiger partial charge in [-0.25, -0.2) is 4.79 Å². The van der Waals surface area contributed by atoms with Crippen LogP contribution in [0.25, 0.3) is 11.1 Å². The standard InChI is InChI=1S/C83H75N3O4S2/c1-61-46-50-70(51-47-61)82(66-34-16-6-17-35-66,67-36-18-7-19-37-67)91-58-56-86(57-59-92-83(68-38-20-8-21-39-68,69-40-22-9-23-41-69)71-52-48-62(2)49-53-71)79(88)77(84-80(89)90-60-76-74-44-26-24-42-72(74)73-43-25-27-45-75(73)76)54-55-78(87)85-81(63-28-10-3-11-29-63,64-30-12-4-13-31-64)65-32-14-5-15-33-65/h3-53,76-77H,54-60H2,1-2H3,(H,84,89)(H,85,87)/t77-/m1/s1. The molecule has 11 aromatic rings. The summed E-state index contributed by atoms with van der Waals surface area (Å²) in [5, 5.41) is 6.64. The van der Waals surface area contributed by atoms with Gasteiger partial charge in [0.15, 0.2) is 0 Å². The van der Waals surface area contributed by atoms with Gasteiger partial charge in [0.1, 0.15) is 18.2 Å². The molecule has 7 nitrogen and oxygen atoms in total. The Morgan fingerprint density at radius 1 is 0.413 bits per heavy atom. The number of carbonyl (C=O) groups excluding carboxylic acids is 3. The summed E-state index contributed by atoms with van der Waals surface area (Å²) in [6.45, 7) is 4.87. The van der Waals surface area contributed by atoms with Gasteiger partial charge in [0.25, 0.3) is 0 Å². The predicted octanol–water partition coefficient (Wildman–Crippen LogP) is 17.7. The van der Waals surface area contributed by atoms with Crippen LogP contribution in [-0.4, -0.2) is 60.1 Å². The minimum absolute atomic E-state index is 0.0250. The van der Waals surface area contributed by atoms with Crippen LogP contribution in [0.15, 0.2) is 309 Å². The highest BCUT2D eigenvalue weighted by molar-refractivity contribution is 8.01. The summed E-state index contributed by atoms with van der Waals surface area (Å²) in [4.78, 5) is 48.5. The lowest BCUT2D eigenvalue weighted by Gasteiger charge is -2.38. The number of benzene rings is 11. The maximum absolute atomic E-state index is 16.4. The summed E-state index contributed by atoms with van der Waals surface area (Å²) in [7, 11) is 0. The number of thioether (sulfide) groups is 2. The van der Waals surface area contributed by atoms with E-state index in [1.165, 1.54) is 0 Å². The molecule has 1 aliphatic rings. The molecule has 11 aromatic carbocycles. The maximum atomic E-state index is 16.4. The van der Waals surface area contributed by atoms with Gasteiger partial charge < -0.3 is 20.3 Å². The number of alkyl carbamates (subject to hydrolysis) is 1. The molecule has 0 saturated carbocycles. The SMILES string of the molecule is Cc1ccc(C(SCCN(CCSC(c2ccccc2)(c2ccccc2)c2ccc(C)cc2)C(=O)[C@@H](CCC(=O)NC(c2ccccc2)(c2ccccc2)c2ccccc2)NC(=O)OCC2c3ccccc3-c3ccccc32)(c2ccccc2)c2ccccc2)cc1. The number of carbonyl (C=O) groups is 3. The molecule has 0 saturated heterocycles. The largest absolute Gasteiger partial charge is 0.449 e. The molecule has 0 bridgehead atoms. The van der Waals surface area contributed by atoms with Crippen LogP contribution in [0, 0.1) is 13.8 Å². The van der Waals surface area contributed by atoms with Gasteiger partial charge in [-0.15, -0.1) is 23.5 Å². The Labute approximate surface area is 550 Å². The Kier molecular flexibility index (Phi) is 19.8. The lowest BCUT2D eigenvalue weighted by Crippen LogP contribution is -2.51. The van der Waals surface area contributed by atoms with E-state index in [0.29, 0.717) is 24.6 Å². The molecule has 1 atom stereocenters. The highest BCUT2D eigenvalue weighted by atomic mass is 32.2. The van der Waals surface area contributed by atoms with E-state index < -0.39 is 27.2 Å². The van der Waals surface area contributed by atoms with Crippen molar-refractivity contribution < 1.29 is 19.1 Å². The van der Waals surface area contributed by atoms with Crippen LogP contribution in [0.2, 0.25) is 0 Å². The van der Waals surface area contributed by atoms with Crippen molar-refractivity contribution >= 4 is 41.4 Å². The third-order valence-electron chi connectivity index (χ3n) is 17.8. The second kappa shape index (κ2) is 29.1. The van der Waals surface area contributed by atoms with Gasteiger partial charge in [0, 0.05) is 36.9 Å². The Bertz CT molecular complexity index is 3840. The topological polar surface area (TPSA) is 87.7 Å². The summed E-state index contributed by atoms with van der Waals surface area (Å²) in [6, 6.07) is 105. The second-order valence-electron chi connectivity index (χ2n) is 23.5. The molecule has 0 aromatic heterocycles. The zero-order valence-electron chi connectivity index (χ0n) is 51.9. The van der Waals surface area contributed by atoms with Crippen molar-refractivity contribution in [3.05, 3.63) is 382 Å². The van der Waals surface area contributed by atoms with Crippen molar-refractivity contribution in [2.75, 3.05) is 31.2 Å². The summed E-state index contributed by atoms with van der Waals surface area (Å²) in [5.74, 6) is 0.176. The summed E-state index contributed by atoms with van der Waals surface area (Å²) in [5.41, 5.74) is 14.9. The number of ether oxygens (including phenoxy) is 1. The van der Waals surface area contributed by atoms with E-state index in [-0.39, 0.29) is 37.2 Å². The molecule has 0 aliphatic heterocycles. The van der Waals surface area contributed by atoms with E-state index in [0.717, 1.165) is 83.5 Å². The first-order valence-corrected chi connectivity index (χ1v) is 33.7. The van der Waals surface area contributed by atoms with Crippen LogP contribution >= 0.6 is 23.5 Å². The molecule has 9 heteroatoms. The van der Waals surface area contributed by atoms with Crippen LogP contribution < -0.4 is 10.6 Å². The van der Waals surface area contributed by atoms with Crippen LogP contribution in [0.4, 0.5) is 4.79 Å². The maximum Gasteiger partial charge on any atom is 0.407 e. The van der Waals surface area contributed by atoms with E-state index in [1.54, 1.807) is 23.5 Å². The van der Waals surface area contributed by atoms with Gasteiger partial charge >= 0.3 is 6.09 Å². The Morgan fingerprint density at radius 2 is 0.728 bits per heavy atom. The second-order valence-corrected chi connectivity index (χ2v) is 26.2. The number of aryl methyl sites for hydroxylation is 2. The van der Waals surface area contributed by atoms with Crippen LogP contribution in [-0.2, 0) is 29.4 Å². The van der Waals surface area contributed by atoms with Gasteiger partial charge in [-0.05, 0) is 92.6 Å². The zero-order valence-corrected chi connectivity index (χ0v) is 53.6. The minimum Gasteiger partial charge on any atom is -0.449 e. The third kappa shape index (κ3) is 13.2. The van der Waals surface area contributed by atoms with Crippen molar-refractivity contribution in [1.82, 2.24) is 15.5 Å². The molecule has 12 rings (SSSR count). The molecule has 0 heterocycles. The fourth-order valence-electron chi connectivity index (χ4n) is 13.3. The fraction of sp³-hybridized carbons (Fsp3) is 0.169. The van der Waals surface area contributed by atoms with Crippen LogP contribution in [0.5, 0.6) is 0 Å². The van der Waals surface area contributed by atoms with Gasteiger partial charge in [0.2, 0.25) is 11.8 Å². The van der Waals surface area contributed by atoms with Gasteiger partial charge in [-0.1, -0.05) is 321 Å². The average molecular weight is 1240 g/mol. The number of rotatable bonds is 25. The molecule has 92 heavy (non-hydrogen) atoms. The van der Waals surface area contributed by atoms with E-state index in [1.807, 2.05) is 144 Å². The molecular formula is C83H75N3O4S2. The van der Waals surface area contributed by atoms with Crippen LogP contribution in [0.3, 0.4) is 0 Å². The molecule has 2 N–H and O–H groups in total. The first kappa shape index (κ1) is 62.5. The van der Waals surface area contributed by atoms with Crippen LogP contribution in [0.1, 0.15) is 91.1 Å². The average Bonchev–Trinajstić information content (AvgIpc) is 1.08. The van der Waals surface area contributed by atoms with Crippen molar-refractivity contribution in [3.8, 4) is 11.1 Å². The van der Waals surface area contributed by atoms with E-state index in [9.17, 15) is 4.79 Å². The molecule has 0 fully saturated rings. The number of hydrogen-bond donors (Lipinski definition) is 2. The smallest absolute Gasteiger partial charge is 0.407 e. The first-order chi connectivity index (χ1) is 45.2. The number of fused-ring (bicyclic) bond motifs is 3. The monoisotopic (exact) mass is 1240 g/mol. The highest BCUT2D eigenvalue weighted by Gasteiger charge is 2.42. The fourth-order valence-corrected chi connectivity index (χ4v) is 16.4. The summed E-state index contributed by atoms with van der Waals surface area (Å²) < 4.78 is 4.93. The Morgan fingerprint density at radius 3 is 1.09 bits per heavy atom. The van der Waals surface area contributed by atoms with Gasteiger partial charge in [-0.2, -0.15) is 0 Å². The minimum atomic E-state index is -1.18. The normalized spacial score (nSPS) is 12.5. The number of nitrogens with one attached hydrogen (secondary N) is 2. The highest BCUT2D eigenvalue weighted by Crippen LogP contribution is 2.51. The number of nitrogens with zero attached hydrogens (tertiary/aromatic N) is 1. The molecule has 0 spiro atoms. The third-order valence-corrected chi connectivity index (χ3v) is 20.9. The van der Waals surface area contributed by atoms with E-state index >= 15 is 9.59 Å². The first-order valence-electron chi connectivity index (χ1n) is 31.7. The van der Waals surface area contributed by atoms with E-state index in [2.05, 4.69) is 194 Å². The molecular weight excluding hydrogens is 1170 g/mol. The number of hydrogen-bond acceptors (Lipinski definition) is 6. The predicted molar refractivity (Wildman–Crippen MR) is 378 cm³/mol. The molecule has 0 unspecified atom stereocenters. The lowest BCUT2D eigenvalue weighted by molar-refractivity contribution is -0.133. The van der Waals surface area contributed by atoms with E-state index in [4.69, 9.17) is 4.74 Å². The Hall–Kier alpha value is -9.67. The van der Waals surface area contributed by atoms with Gasteiger partial charge in [-0.3, -0.25) is 9.59 Å². The molecule has 1 aliphatic carbocycles. The quantitative estimate of drug-likeness (QED) is 0.0555.